The van der Waals surface area contributed by atoms with Gasteiger partial charge in [0.15, 0.2) is 0 Å². The number of nitrogens with zero attached hydrogens (tertiary/aromatic N) is 1. The van der Waals surface area contributed by atoms with E-state index in [9.17, 15) is 0 Å². The van der Waals surface area contributed by atoms with Gasteiger partial charge in [-0.2, -0.15) is 0 Å². The maximum Gasteiger partial charge on any atom is 0.0639 e. The summed E-state index contributed by atoms with van der Waals surface area (Å²) in [6, 6.07) is 10.3. The van der Waals surface area contributed by atoms with Crippen molar-refractivity contribution in [3.63, 3.8) is 0 Å². The quantitative estimate of drug-likeness (QED) is 0.613. The molecule has 0 saturated heterocycles. The smallest absolute Gasteiger partial charge is 0.0639 e. The van der Waals surface area contributed by atoms with E-state index in [1.165, 1.54) is 11.1 Å². The second-order valence-corrected chi connectivity index (χ2v) is 2.98. The number of aliphatic imine (C=N–C) groups is 1. The molecule has 0 atom stereocenters. The first kappa shape index (κ1) is 7.99. The molecule has 64 valence electrons. The molecular formula is C12H11N. The first-order valence-electron chi connectivity index (χ1n) is 4.37. The van der Waals surface area contributed by atoms with Crippen LogP contribution in [0, 0.1) is 0 Å². The van der Waals surface area contributed by atoms with E-state index in [0.717, 1.165) is 6.54 Å². The van der Waals surface area contributed by atoms with Gasteiger partial charge in [0.05, 0.1) is 6.54 Å². The third-order valence-corrected chi connectivity index (χ3v) is 1.93. The third kappa shape index (κ3) is 2.15. The summed E-state index contributed by atoms with van der Waals surface area (Å²) in [5.41, 5.74) is 2.49. The summed E-state index contributed by atoms with van der Waals surface area (Å²) in [7, 11) is 0. The van der Waals surface area contributed by atoms with Gasteiger partial charge >= 0.3 is 0 Å². The summed E-state index contributed by atoms with van der Waals surface area (Å²) in [6.45, 7) is 0.797. The molecule has 0 radical (unpaired) electrons. The minimum Gasteiger partial charge on any atom is -0.288 e. The molecule has 1 aromatic rings. The summed E-state index contributed by atoms with van der Waals surface area (Å²) in [5.74, 6) is 0. The minimum absolute atomic E-state index is 0.797. The molecule has 0 bridgehead atoms. The lowest BCUT2D eigenvalue weighted by Crippen LogP contribution is -1.90. The third-order valence-electron chi connectivity index (χ3n) is 1.93. The van der Waals surface area contributed by atoms with Crippen molar-refractivity contribution < 1.29 is 0 Å². The zero-order valence-electron chi connectivity index (χ0n) is 7.35. The Morgan fingerprint density at radius 2 is 2.00 bits per heavy atom. The molecule has 2 rings (SSSR count). The van der Waals surface area contributed by atoms with Crippen LogP contribution >= 0.6 is 0 Å². The van der Waals surface area contributed by atoms with Crippen molar-refractivity contribution in [1.82, 2.24) is 0 Å². The highest BCUT2D eigenvalue weighted by Crippen LogP contribution is 2.09. The van der Waals surface area contributed by atoms with Gasteiger partial charge in [0, 0.05) is 6.21 Å². The number of allylic oxidation sites excluding steroid dienone is 1. The minimum atomic E-state index is 0.797. The number of rotatable bonds is 1. The maximum absolute atomic E-state index is 4.17. The maximum atomic E-state index is 4.17. The molecule has 1 nitrogen and oxygen atoms in total. The van der Waals surface area contributed by atoms with Gasteiger partial charge < -0.3 is 0 Å². The highest BCUT2D eigenvalue weighted by molar-refractivity contribution is 5.75. The van der Waals surface area contributed by atoms with Crippen molar-refractivity contribution in [2.24, 2.45) is 4.99 Å². The van der Waals surface area contributed by atoms with Crippen molar-refractivity contribution in [2.45, 2.75) is 0 Å². The highest BCUT2D eigenvalue weighted by Gasteiger charge is 1.94. The van der Waals surface area contributed by atoms with Crippen LogP contribution in [0.4, 0.5) is 0 Å². The summed E-state index contributed by atoms with van der Waals surface area (Å²) in [5, 5.41) is 0. The normalized spacial score (nSPS) is 18.0. The second kappa shape index (κ2) is 3.85. The Balaban J connectivity index is 2.21. The van der Waals surface area contributed by atoms with Crippen molar-refractivity contribution in [1.29, 1.82) is 0 Å². The second-order valence-electron chi connectivity index (χ2n) is 2.98. The van der Waals surface area contributed by atoms with Crippen LogP contribution in [-0.4, -0.2) is 12.8 Å². The molecule has 0 saturated carbocycles. The molecule has 1 aliphatic heterocycles. The number of hydrogen-bond acceptors (Lipinski definition) is 1. The Bertz CT molecular complexity index is 358. The Labute approximate surface area is 78.1 Å². The molecule has 13 heavy (non-hydrogen) atoms. The van der Waals surface area contributed by atoms with Crippen LogP contribution in [0.25, 0.3) is 6.08 Å². The highest BCUT2D eigenvalue weighted by atomic mass is 14.7. The molecule has 0 aliphatic carbocycles. The van der Waals surface area contributed by atoms with E-state index >= 15 is 0 Å². The van der Waals surface area contributed by atoms with Gasteiger partial charge in [0.25, 0.3) is 0 Å². The lowest BCUT2D eigenvalue weighted by atomic mass is 10.1. The van der Waals surface area contributed by atoms with Gasteiger partial charge in [-0.05, 0) is 23.3 Å². The molecule has 1 aliphatic rings. The van der Waals surface area contributed by atoms with E-state index in [1.807, 2.05) is 30.5 Å². The monoisotopic (exact) mass is 169 g/mol. The molecule has 0 N–H and O–H groups in total. The predicted molar refractivity (Wildman–Crippen MR) is 56.9 cm³/mol. The summed E-state index contributed by atoms with van der Waals surface area (Å²) >= 11 is 0. The largest absolute Gasteiger partial charge is 0.288 e. The van der Waals surface area contributed by atoms with E-state index in [1.54, 1.807) is 0 Å². The molecule has 1 heteroatoms. The predicted octanol–water partition coefficient (Wildman–Crippen LogP) is 2.71. The fourth-order valence-electron chi connectivity index (χ4n) is 1.30. The number of benzene rings is 1. The number of hydrogen-bond donors (Lipinski definition) is 0. The van der Waals surface area contributed by atoms with Crippen LogP contribution in [0.2, 0.25) is 0 Å². The van der Waals surface area contributed by atoms with Crippen LogP contribution in [0.15, 0.2) is 53.0 Å². The van der Waals surface area contributed by atoms with E-state index < -0.39 is 0 Å². The lowest BCUT2D eigenvalue weighted by Gasteiger charge is -2.01. The van der Waals surface area contributed by atoms with E-state index in [2.05, 4.69) is 29.3 Å². The molecule has 1 aromatic carbocycles. The standard InChI is InChI=1S/C12H11N/c1-2-5-11(6-3-1)9-12-7-4-8-13-10-12/h1-9H,10H2. The fourth-order valence-corrected chi connectivity index (χ4v) is 1.30. The molecule has 0 spiro atoms. The Morgan fingerprint density at radius 3 is 2.69 bits per heavy atom. The van der Waals surface area contributed by atoms with Crippen LogP contribution in [0.5, 0.6) is 0 Å². The zero-order valence-corrected chi connectivity index (χ0v) is 7.35. The molecular weight excluding hydrogens is 158 g/mol. The SMILES string of the molecule is C1=CC(=Cc2ccccc2)CN=C1. The van der Waals surface area contributed by atoms with Crippen LogP contribution in [-0.2, 0) is 0 Å². The van der Waals surface area contributed by atoms with Gasteiger partial charge in [-0.3, -0.25) is 4.99 Å². The van der Waals surface area contributed by atoms with Crippen LogP contribution in [0.3, 0.4) is 0 Å². The van der Waals surface area contributed by atoms with Crippen LogP contribution < -0.4 is 0 Å². The molecule has 0 aromatic heterocycles. The molecule has 0 fully saturated rings. The first-order chi connectivity index (χ1) is 6.45. The van der Waals surface area contributed by atoms with Gasteiger partial charge in [-0.15, -0.1) is 0 Å². The average molecular weight is 169 g/mol. The van der Waals surface area contributed by atoms with E-state index in [-0.39, 0.29) is 0 Å². The van der Waals surface area contributed by atoms with Gasteiger partial charge in [-0.25, -0.2) is 0 Å². The van der Waals surface area contributed by atoms with Crippen molar-refractivity contribution in [3.05, 3.63) is 53.6 Å². The lowest BCUT2D eigenvalue weighted by molar-refractivity contribution is 1.19. The van der Waals surface area contributed by atoms with Gasteiger partial charge in [0.2, 0.25) is 0 Å². The summed E-state index contributed by atoms with van der Waals surface area (Å²) in [6.07, 6.45) is 8.06. The van der Waals surface area contributed by atoms with Crippen molar-refractivity contribution in [3.8, 4) is 0 Å². The van der Waals surface area contributed by atoms with E-state index in [4.69, 9.17) is 0 Å². The molecule has 0 unspecified atom stereocenters. The Hall–Kier alpha value is -1.63. The Kier molecular flexibility index (Phi) is 2.37. The van der Waals surface area contributed by atoms with Crippen molar-refractivity contribution >= 4 is 12.3 Å². The Morgan fingerprint density at radius 1 is 1.15 bits per heavy atom. The van der Waals surface area contributed by atoms with Gasteiger partial charge in [0.1, 0.15) is 0 Å². The number of dihydropyridines is 1. The first-order valence-corrected chi connectivity index (χ1v) is 4.37. The topological polar surface area (TPSA) is 12.4 Å². The van der Waals surface area contributed by atoms with Crippen molar-refractivity contribution in [2.75, 3.05) is 6.54 Å². The zero-order chi connectivity index (χ0) is 8.93. The van der Waals surface area contributed by atoms with E-state index in [0.29, 0.717) is 0 Å². The average Bonchev–Trinajstić information content (AvgIpc) is 2.21. The fraction of sp³-hybridized carbons (Fsp3) is 0.0833. The van der Waals surface area contributed by atoms with Gasteiger partial charge in [-0.1, -0.05) is 36.4 Å². The molecule has 0 amide bonds. The summed E-state index contributed by atoms with van der Waals surface area (Å²) in [4.78, 5) is 4.17. The van der Waals surface area contributed by atoms with Crippen LogP contribution in [0.1, 0.15) is 5.56 Å². The summed E-state index contributed by atoms with van der Waals surface area (Å²) < 4.78 is 0. The molecule has 1 heterocycles.